The molecule has 0 radical (unpaired) electrons. The number of aryl methyl sites for hydroxylation is 1. The smallest absolute Gasteiger partial charge is 0.198 e. The van der Waals surface area contributed by atoms with Gasteiger partial charge in [0, 0.05) is 9.90 Å². The van der Waals surface area contributed by atoms with Crippen LogP contribution in [0.4, 0.5) is 0 Å². The van der Waals surface area contributed by atoms with E-state index in [4.69, 9.17) is 16.3 Å². The molecular formula is C15H15ClO2S. The van der Waals surface area contributed by atoms with E-state index in [9.17, 15) is 4.79 Å². The van der Waals surface area contributed by atoms with E-state index in [1.165, 1.54) is 16.2 Å². The Hall–Kier alpha value is -1.16. The Kier molecular flexibility index (Phi) is 5.14. The molecule has 1 aromatic carbocycles. The van der Waals surface area contributed by atoms with Crippen molar-refractivity contribution in [1.82, 2.24) is 0 Å². The summed E-state index contributed by atoms with van der Waals surface area (Å²) >= 11 is 7.42. The van der Waals surface area contributed by atoms with Gasteiger partial charge in [0.2, 0.25) is 0 Å². The molecule has 0 spiro atoms. The van der Waals surface area contributed by atoms with Gasteiger partial charge in [0.1, 0.15) is 6.61 Å². The maximum atomic E-state index is 11.9. The van der Waals surface area contributed by atoms with Gasteiger partial charge in [-0.1, -0.05) is 30.7 Å². The molecule has 2 nitrogen and oxygen atoms in total. The maximum absolute atomic E-state index is 11.9. The van der Waals surface area contributed by atoms with Gasteiger partial charge in [0.05, 0.1) is 11.5 Å². The molecular weight excluding hydrogens is 280 g/mol. The lowest BCUT2D eigenvalue weighted by Gasteiger charge is -2.03. The number of carbonyl (C=O) groups excluding carboxylic acids is 1. The average Bonchev–Trinajstić information content (AvgIpc) is 2.87. The number of ketones is 1. The van der Waals surface area contributed by atoms with Crippen LogP contribution in [0.3, 0.4) is 0 Å². The number of halogens is 1. The SMILES string of the molecule is CCc1ccc(C(=O)COCc2cccc(Cl)c2)s1. The summed E-state index contributed by atoms with van der Waals surface area (Å²) in [6.45, 7) is 2.59. The molecule has 1 heterocycles. The number of hydrogen-bond acceptors (Lipinski definition) is 3. The van der Waals surface area contributed by atoms with Crippen LogP contribution in [0.25, 0.3) is 0 Å². The van der Waals surface area contributed by atoms with Gasteiger partial charge < -0.3 is 4.74 Å². The quantitative estimate of drug-likeness (QED) is 0.740. The van der Waals surface area contributed by atoms with Crippen LogP contribution in [0, 0.1) is 0 Å². The fraction of sp³-hybridized carbons (Fsp3) is 0.267. The Morgan fingerprint density at radius 3 is 2.84 bits per heavy atom. The molecule has 0 bridgehead atoms. The van der Waals surface area contributed by atoms with E-state index in [1.807, 2.05) is 36.4 Å². The molecule has 0 unspecified atom stereocenters. The fourth-order valence-electron chi connectivity index (χ4n) is 1.68. The third-order valence-corrected chi connectivity index (χ3v) is 4.18. The van der Waals surface area contributed by atoms with E-state index in [-0.39, 0.29) is 12.4 Å². The van der Waals surface area contributed by atoms with Crippen molar-refractivity contribution in [2.75, 3.05) is 6.61 Å². The molecule has 0 saturated heterocycles. The van der Waals surface area contributed by atoms with E-state index >= 15 is 0 Å². The summed E-state index contributed by atoms with van der Waals surface area (Å²) < 4.78 is 5.43. The number of hydrogen-bond donors (Lipinski definition) is 0. The van der Waals surface area contributed by atoms with Crippen molar-refractivity contribution in [1.29, 1.82) is 0 Å². The third-order valence-electron chi connectivity index (χ3n) is 2.68. The molecule has 0 atom stereocenters. The predicted octanol–water partition coefficient (Wildman–Crippen LogP) is 4.36. The first-order valence-electron chi connectivity index (χ1n) is 6.13. The first kappa shape index (κ1) is 14.3. The van der Waals surface area contributed by atoms with Crippen LogP contribution in [0.15, 0.2) is 36.4 Å². The Balaban J connectivity index is 1.84. The van der Waals surface area contributed by atoms with Crippen molar-refractivity contribution in [2.24, 2.45) is 0 Å². The number of rotatable bonds is 6. The zero-order chi connectivity index (χ0) is 13.7. The van der Waals surface area contributed by atoms with Gasteiger partial charge in [0.15, 0.2) is 5.78 Å². The minimum atomic E-state index is 0.0340. The molecule has 100 valence electrons. The van der Waals surface area contributed by atoms with Crippen LogP contribution >= 0.6 is 22.9 Å². The van der Waals surface area contributed by atoms with Crippen molar-refractivity contribution in [3.63, 3.8) is 0 Å². The molecule has 0 aliphatic heterocycles. The van der Waals surface area contributed by atoms with Gasteiger partial charge in [0.25, 0.3) is 0 Å². The lowest BCUT2D eigenvalue weighted by atomic mass is 10.2. The zero-order valence-corrected chi connectivity index (χ0v) is 12.3. The second-order valence-corrected chi connectivity index (χ2v) is 5.77. The van der Waals surface area contributed by atoms with E-state index in [1.54, 1.807) is 0 Å². The number of benzene rings is 1. The molecule has 2 rings (SSSR count). The van der Waals surface area contributed by atoms with Gasteiger partial charge in [-0.25, -0.2) is 0 Å². The van der Waals surface area contributed by atoms with E-state index in [2.05, 4.69) is 6.92 Å². The molecule has 2 aromatic rings. The Morgan fingerprint density at radius 1 is 1.32 bits per heavy atom. The Bertz CT molecular complexity index is 563. The number of ether oxygens (including phenoxy) is 1. The van der Waals surface area contributed by atoms with Crippen LogP contribution in [0.1, 0.15) is 27.0 Å². The van der Waals surface area contributed by atoms with Crippen LogP contribution in [0.2, 0.25) is 5.02 Å². The summed E-state index contributed by atoms with van der Waals surface area (Å²) in [6.07, 6.45) is 0.960. The van der Waals surface area contributed by atoms with Crippen molar-refractivity contribution < 1.29 is 9.53 Å². The molecule has 0 fully saturated rings. The Labute approximate surface area is 122 Å². The topological polar surface area (TPSA) is 26.3 Å². The molecule has 0 saturated carbocycles. The summed E-state index contributed by atoms with van der Waals surface area (Å²) in [5, 5.41) is 0.679. The van der Waals surface area contributed by atoms with Gasteiger partial charge in [-0.3, -0.25) is 4.79 Å². The molecule has 0 N–H and O–H groups in total. The third kappa shape index (κ3) is 4.16. The van der Waals surface area contributed by atoms with Crippen LogP contribution < -0.4 is 0 Å². The highest BCUT2D eigenvalue weighted by atomic mass is 35.5. The molecule has 0 aliphatic rings. The average molecular weight is 295 g/mol. The first-order valence-corrected chi connectivity index (χ1v) is 7.32. The van der Waals surface area contributed by atoms with E-state index in [0.29, 0.717) is 11.6 Å². The van der Waals surface area contributed by atoms with E-state index < -0.39 is 0 Å². The fourth-order valence-corrected chi connectivity index (χ4v) is 2.76. The van der Waals surface area contributed by atoms with Gasteiger partial charge >= 0.3 is 0 Å². The highest BCUT2D eigenvalue weighted by Gasteiger charge is 2.09. The number of Topliss-reactive ketones (excluding diaryl/α,β-unsaturated/α-hetero) is 1. The summed E-state index contributed by atoms with van der Waals surface area (Å²) in [6, 6.07) is 11.3. The minimum absolute atomic E-state index is 0.0340. The summed E-state index contributed by atoms with van der Waals surface area (Å²) in [5.74, 6) is 0.0340. The van der Waals surface area contributed by atoms with Gasteiger partial charge in [-0.05, 0) is 36.2 Å². The second-order valence-electron chi connectivity index (χ2n) is 4.17. The second kappa shape index (κ2) is 6.85. The molecule has 1 aromatic heterocycles. The zero-order valence-electron chi connectivity index (χ0n) is 10.7. The van der Waals surface area contributed by atoms with Crippen LogP contribution in [0.5, 0.6) is 0 Å². The van der Waals surface area contributed by atoms with E-state index in [0.717, 1.165) is 16.9 Å². The summed E-state index contributed by atoms with van der Waals surface area (Å²) in [4.78, 5) is 13.9. The normalized spacial score (nSPS) is 10.6. The standard InChI is InChI=1S/C15H15ClO2S/c1-2-13-6-7-15(19-13)14(17)10-18-9-11-4-3-5-12(16)8-11/h3-8H,2,9-10H2,1H3. The highest BCUT2D eigenvalue weighted by molar-refractivity contribution is 7.14. The molecule has 19 heavy (non-hydrogen) atoms. The van der Waals surface area contributed by atoms with Crippen molar-refractivity contribution in [3.05, 3.63) is 56.7 Å². The lowest BCUT2D eigenvalue weighted by molar-refractivity contribution is 0.0730. The summed E-state index contributed by atoms with van der Waals surface area (Å²) in [5.41, 5.74) is 0.973. The molecule has 0 amide bonds. The van der Waals surface area contributed by atoms with Crippen molar-refractivity contribution in [3.8, 4) is 0 Å². The largest absolute Gasteiger partial charge is 0.369 e. The lowest BCUT2D eigenvalue weighted by Crippen LogP contribution is -2.07. The van der Waals surface area contributed by atoms with Gasteiger partial charge in [-0.2, -0.15) is 0 Å². The molecule has 4 heteroatoms. The summed E-state index contributed by atoms with van der Waals surface area (Å²) in [7, 11) is 0. The highest BCUT2D eigenvalue weighted by Crippen LogP contribution is 2.18. The number of carbonyl (C=O) groups is 1. The van der Waals surface area contributed by atoms with Crippen molar-refractivity contribution in [2.45, 2.75) is 20.0 Å². The minimum Gasteiger partial charge on any atom is -0.369 e. The predicted molar refractivity (Wildman–Crippen MR) is 79.1 cm³/mol. The van der Waals surface area contributed by atoms with Gasteiger partial charge in [-0.15, -0.1) is 11.3 Å². The maximum Gasteiger partial charge on any atom is 0.198 e. The first-order chi connectivity index (χ1) is 9.19. The molecule has 0 aliphatic carbocycles. The number of thiophene rings is 1. The van der Waals surface area contributed by atoms with Crippen LogP contribution in [-0.2, 0) is 17.8 Å². The van der Waals surface area contributed by atoms with Crippen LogP contribution in [-0.4, -0.2) is 12.4 Å². The van der Waals surface area contributed by atoms with Crippen molar-refractivity contribution >= 4 is 28.7 Å². The Morgan fingerprint density at radius 2 is 2.16 bits per heavy atom. The monoisotopic (exact) mass is 294 g/mol.